The largest absolute Gasteiger partial charge is 0.450 e. The second-order valence-corrected chi connectivity index (χ2v) is 18.3. The summed E-state index contributed by atoms with van der Waals surface area (Å²) in [6.45, 7) is 9.07. The van der Waals surface area contributed by atoms with Gasteiger partial charge in [-0.05, 0) is 66.3 Å². The van der Waals surface area contributed by atoms with Crippen molar-refractivity contribution in [2.45, 2.75) is 94.6 Å². The zero-order valence-corrected chi connectivity index (χ0v) is 32.6. The lowest BCUT2D eigenvalue weighted by Crippen LogP contribution is -2.60. The Labute approximate surface area is 325 Å². The van der Waals surface area contributed by atoms with Gasteiger partial charge < -0.3 is 20.3 Å². The van der Waals surface area contributed by atoms with Crippen molar-refractivity contribution in [1.29, 1.82) is 0 Å². The zero-order valence-electron chi connectivity index (χ0n) is 31.8. The molecule has 0 spiro atoms. The first-order valence-corrected chi connectivity index (χ1v) is 20.7. The topological polar surface area (TPSA) is 186 Å². The number of hydrogen-bond acceptors (Lipinski definition) is 9. The fourth-order valence-electron chi connectivity index (χ4n) is 7.73. The summed E-state index contributed by atoms with van der Waals surface area (Å²) in [5.74, 6) is -2.72. The van der Waals surface area contributed by atoms with Crippen LogP contribution >= 0.6 is 0 Å². The molecule has 3 heterocycles. The van der Waals surface area contributed by atoms with Gasteiger partial charge in [0.05, 0.1) is 24.1 Å². The SMILES string of the molecule is C=C[C@@H]1CC1(NC(=O)[C@@H]1CC2CN1C(=O)[C@H](C(C)(C)C)NC(=O)OCCC/C=C/Cc1c(-c3ccc4ccccc4c3)cnn2c1=O)C(=O)NS(=O)(=O)C1CC1. The van der Waals surface area contributed by atoms with E-state index in [4.69, 9.17) is 4.74 Å². The summed E-state index contributed by atoms with van der Waals surface area (Å²) in [6.07, 6.45) is 8.51. The molecule has 3 fully saturated rings. The molecule has 3 N–H and O–H groups in total. The number of allylic oxidation sites excluding steroid dienone is 2. The Bertz CT molecular complexity index is 2290. The molecule has 2 aliphatic carbocycles. The van der Waals surface area contributed by atoms with E-state index in [2.05, 4.69) is 27.0 Å². The molecule has 2 aromatic carbocycles. The smallest absolute Gasteiger partial charge is 0.407 e. The highest BCUT2D eigenvalue weighted by molar-refractivity contribution is 7.91. The minimum Gasteiger partial charge on any atom is -0.450 e. The number of amides is 4. The maximum atomic E-state index is 14.6. The highest BCUT2D eigenvalue weighted by atomic mass is 32.2. The van der Waals surface area contributed by atoms with Crippen molar-refractivity contribution in [1.82, 2.24) is 30.0 Å². The lowest BCUT2D eigenvalue weighted by atomic mass is 9.85. The number of aromatic nitrogens is 2. The van der Waals surface area contributed by atoms with E-state index in [1.807, 2.05) is 54.6 Å². The third kappa shape index (κ3) is 7.73. The van der Waals surface area contributed by atoms with Gasteiger partial charge in [-0.15, -0.1) is 6.58 Å². The van der Waals surface area contributed by atoms with Gasteiger partial charge in [-0.2, -0.15) is 5.10 Å². The van der Waals surface area contributed by atoms with Gasteiger partial charge in [-0.1, -0.05) is 75.4 Å². The van der Waals surface area contributed by atoms with Gasteiger partial charge in [0.1, 0.15) is 17.6 Å². The second kappa shape index (κ2) is 15.0. The molecular weight excluding hydrogens is 737 g/mol. The maximum absolute atomic E-state index is 14.6. The fourth-order valence-corrected chi connectivity index (χ4v) is 9.09. The molecule has 2 saturated carbocycles. The highest BCUT2D eigenvalue weighted by Crippen LogP contribution is 2.46. The van der Waals surface area contributed by atoms with Crippen molar-refractivity contribution in [2.75, 3.05) is 13.2 Å². The van der Waals surface area contributed by atoms with Gasteiger partial charge in [0.2, 0.25) is 21.8 Å². The number of hydrogen-bond donors (Lipinski definition) is 3. The normalized spacial score (nSPS) is 26.4. The third-order valence-corrected chi connectivity index (χ3v) is 13.1. The number of nitrogens with zero attached hydrogens (tertiary/aromatic N) is 3. The minimum absolute atomic E-state index is 0.0484. The number of cyclic esters (lactones) is 1. The van der Waals surface area contributed by atoms with E-state index in [1.165, 1.54) is 15.7 Å². The lowest BCUT2D eigenvalue weighted by Gasteiger charge is -2.35. The van der Waals surface area contributed by atoms with Crippen molar-refractivity contribution >= 4 is 44.6 Å². The first-order chi connectivity index (χ1) is 26.6. The molecule has 1 saturated heterocycles. The number of carbonyl (C=O) groups excluding carboxylic acids is 4. The highest BCUT2D eigenvalue weighted by Gasteiger charge is 2.62. The van der Waals surface area contributed by atoms with Crippen LogP contribution < -0.4 is 20.9 Å². The Morgan fingerprint density at radius 2 is 1.82 bits per heavy atom. The number of ether oxygens (including phenoxy) is 1. The molecule has 15 heteroatoms. The van der Waals surface area contributed by atoms with E-state index in [9.17, 15) is 32.4 Å². The predicted molar refractivity (Wildman–Crippen MR) is 210 cm³/mol. The van der Waals surface area contributed by atoms with Gasteiger partial charge in [-0.25, -0.2) is 17.9 Å². The standard InChI is InChI=1S/C41H48N6O8S/c1-5-28-22-41(28,38(51)45-56(53,54)30-17-18-30)44-35(48)33-21-29-24-46(33)37(50)34(40(2,3)4)43-39(52)55-19-11-7-6-8-14-31-32(23-42-47(29)36(31)49)27-16-15-25-12-9-10-13-26(25)20-27/h5-6,8-10,12-13,15-16,20,23,28-30,33-34H,1,7,11,14,17-19,21-22,24H2,2-4H3,(H,43,52)(H,44,48)(H,45,51)/b8-6+/t28-,29?,33+,34-,41?/m1/s1. The van der Waals surface area contributed by atoms with Crippen LogP contribution in [0.1, 0.15) is 70.9 Å². The van der Waals surface area contributed by atoms with Gasteiger partial charge in [0.25, 0.3) is 11.5 Å². The Hall–Kier alpha value is -5.31. The van der Waals surface area contributed by atoms with Crippen LogP contribution in [0.25, 0.3) is 21.9 Å². The van der Waals surface area contributed by atoms with Crippen LogP contribution in [0, 0.1) is 11.3 Å². The fraction of sp³-hybridized carbons (Fsp3) is 0.463. The summed E-state index contributed by atoms with van der Waals surface area (Å²) in [5, 5.41) is 11.5. The lowest BCUT2D eigenvalue weighted by molar-refractivity contribution is -0.142. The first kappa shape index (κ1) is 38.9. The van der Waals surface area contributed by atoms with Crippen molar-refractivity contribution in [3.63, 3.8) is 0 Å². The Morgan fingerprint density at radius 3 is 2.52 bits per heavy atom. The summed E-state index contributed by atoms with van der Waals surface area (Å²) in [6, 6.07) is 10.7. The molecule has 7 rings (SSSR count). The molecule has 0 radical (unpaired) electrons. The van der Waals surface area contributed by atoms with Crippen LogP contribution in [0.3, 0.4) is 0 Å². The number of fused-ring (bicyclic) bond motifs is 6. The molecule has 1 aromatic heterocycles. The van der Waals surface area contributed by atoms with Crippen LogP contribution in [0.15, 0.2) is 78.3 Å². The van der Waals surface area contributed by atoms with Crippen molar-refractivity contribution in [2.24, 2.45) is 11.3 Å². The van der Waals surface area contributed by atoms with Crippen molar-refractivity contribution in [3.05, 3.63) is 89.4 Å². The molecule has 14 nitrogen and oxygen atoms in total. The maximum Gasteiger partial charge on any atom is 0.407 e. The summed E-state index contributed by atoms with van der Waals surface area (Å²) in [5.41, 5.74) is -0.849. The van der Waals surface area contributed by atoms with Gasteiger partial charge in [0.15, 0.2) is 0 Å². The summed E-state index contributed by atoms with van der Waals surface area (Å²) in [7, 11) is -3.93. The molecule has 4 amide bonds. The van der Waals surface area contributed by atoms with Crippen LogP contribution in [0.4, 0.5) is 4.79 Å². The van der Waals surface area contributed by atoms with Gasteiger partial charge in [0, 0.05) is 30.0 Å². The number of benzene rings is 2. The number of alkyl carbamates (subject to hydrolysis) is 1. The molecule has 3 aromatic rings. The van der Waals surface area contributed by atoms with Crippen LogP contribution in [0.2, 0.25) is 0 Å². The summed E-state index contributed by atoms with van der Waals surface area (Å²) < 4.78 is 34.4. The van der Waals surface area contributed by atoms with E-state index in [0.717, 1.165) is 16.3 Å². The molecular formula is C41H48N6O8S. The van der Waals surface area contributed by atoms with Crippen LogP contribution in [-0.2, 0) is 35.6 Å². The molecule has 56 heavy (non-hydrogen) atoms. The van der Waals surface area contributed by atoms with E-state index in [-0.39, 0.29) is 38.0 Å². The first-order valence-electron chi connectivity index (χ1n) is 19.1. The number of sulfonamides is 1. The average molecular weight is 785 g/mol. The van der Waals surface area contributed by atoms with Crippen LogP contribution in [-0.4, -0.2) is 82.9 Å². The molecule has 4 bridgehead atoms. The molecule has 296 valence electrons. The predicted octanol–water partition coefficient (Wildman–Crippen LogP) is 3.91. The molecule has 2 aliphatic heterocycles. The molecule has 5 atom stereocenters. The van der Waals surface area contributed by atoms with Crippen molar-refractivity contribution in [3.8, 4) is 11.1 Å². The summed E-state index contributed by atoms with van der Waals surface area (Å²) >= 11 is 0. The van der Waals surface area contributed by atoms with E-state index in [0.29, 0.717) is 36.8 Å². The Balaban J connectivity index is 1.27. The zero-order chi connectivity index (χ0) is 40.0. The monoisotopic (exact) mass is 784 g/mol. The average Bonchev–Trinajstić information content (AvgIpc) is 4.09. The molecule has 2 unspecified atom stereocenters. The minimum atomic E-state index is -3.93. The summed E-state index contributed by atoms with van der Waals surface area (Å²) in [4.78, 5) is 71.5. The number of carbonyl (C=O) groups is 4. The number of rotatable bonds is 7. The van der Waals surface area contributed by atoms with E-state index in [1.54, 1.807) is 27.0 Å². The van der Waals surface area contributed by atoms with E-state index < -0.39 is 74.1 Å². The van der Waals surface area contributed by atoms with E-state index >= 15 is 0 Å². The Morgan fingerprint density at radius 1 is 1.07 bits per heavy atom. The second-order valence-electron chi connectivity index (χ2n) is 16.3. The molecule has 4 aliphatic rings. The van der Waals surface area contributed by atoms with Gasteiger partial charge >= 0.3 is 6.09 Å². The Kier molecular flexibility index (Phi) is 10.4. The quantitative estimate of drug-likeness (QED) is 0.299. The van der Waals surface area contributed by atoms with Crippen LogP contribution in [0.5, 0.6) is 0 Å². The van der Waals surface area contributed by atoms with Crippen molar-refractivity contribution < 1.29 is 32.3 Å². The number of nitrogens with one attached hydrogen (secondary N) is 3. The third-order valence-electron chi connectivity index (χ3n) is 11.2. The van der Waals surface area contributed by atoms with Gasteiger partial charge in [-0.3, -0.25) is 23.9 Å².